The molecule has 0 amide bonds. The molecular formula is C12H17IO3S. The molecule has 0 bridgehead atoms. The zero-order valence-electron chi connectivity index (χ0n) is 10.0. The van der Waals surface area contributed by atoms with Gasteiger partial charge in [0.25, 0.3) is 10.1 Å². The highest BCUT2D eigenvalue weighted by atomic mass is 127. The topological polar surface area (TPSA) is 43.4 Å². The zero-order chi connectivity index (χ0) is 12.9. The molecule has 96 valence electrons. The van der Waals surface area contributed by atoms with Crippen LogP contribution in [0.15, 0.2) is 24.3 Å². The molecule has 0 heterocycles. The fourth-order valence-electron chi connectivity index (χ4n) is 1.39. The molecule has 0 radical (unpaired) electrons. The van der Waals surface area contributed by atoms with Crippen molar-refractivity contribution in [2.24, 2.45) is 0 Å². The molecule has 0 saturated carbocycles. The van der Waals surface area contributed by atoms with E-state index in [1.807, 2.05) is 31.2 Å². The van der Waals surface area contributed by atoms with E-state index < -0.39 is 16.2 Å². The smallest absolute Gasteiger partial charge is 0.262 e. The van der Waals surface area contributed by atoms with Crippen LogP contribution in [0, 0.1) is 6.92 Å². The fraction of sp³-hybridized carbons (Fsp3) is 0.500. The third-order valence-corrected chi connectivity index (χ3v) is 4.50. The molecule has 1 aromatic rings. The molecule has 0 saturated heterocycles. The molecule has 5 heteroatoms. The van der Waals surface area contributed by atoms with Gasteiger partial charge >= 0.3 is 0 Å². The first-order chi connectivity index (χ1) is 7.94. The first-order valence-electron chi connectivity index (χ1n) is 5.48. The largest absolute Gasteiger partial charge is 0.267 e. The Morgan fingerprint density at radius 3 is 2.41 bits per heavy atom. The highest BCUT2D eigenvalue weighted by molar-refractivity contribution is 14.1. The van der Waals surface area contributed by atoms with Crippen LogP contribution in [0.5, 0.6) is 0 Å². The molecule has 1 aromatic carbocycles. The summed E-state index contributed by atoms with van der Waals surface area (Å²) in [6.07, 6.45) is 0.207. The predicted molar refractivity (Wildman–Crippen MR) is 78.0 cm³/mol. The summed E-state index contributed by atoms with van der Waals surface area (Å²) in [6.45, 7) is 3.75. The molecular weight excluding hydrogens is 351 g/mol. The molecule has 0 aliphatic carbocycles. The van der Waals surface area contributed by atoms with Crippen molar-refractivity contribution in [1.82, 2.24) is 0 Å². The summed E-state index contributed by atoms with van der Waals surface area (Å²) in [6, 6.07) is 7.70. The average Bonchev–Trinajstić information content (AvgIpc) is 2.26. The molecule has 17 heavy (non-hydrogen) atoms. The molecule has 0 aliphatic heterocycles. The van der Waals surface area contributed by atoms with Crippen molar-refractivity contribution in [3.63, 3.8) is 0 Å². The Bertz CT molecular complexity index is 439. The quantitative estimate of drug-likeness (QED) is 0.440. The van der Waals surface area contributed by atoms with Crippen molar-refractivity contribution < 1.29 is 12.6 Å². The number of halogens is 1. The van der Waals surface area contributed by atoms with Gasteiger partial charge in [-0.25, -0.2) is 0 Å². The summed E-state index contributed by atoms with van der Waals surface area (Å²) in [5.74, 6) is 0.0894. The van der Waals surface area contributed by atoms with Gasteiger partial charge in [-0.3, -0.25) is 4.18 Å². The first kappa shape index (κ1) is 14.9. The van der Waals surface area contributed by atoms with E-state index in [1.165, 1.54) is 0 Å². The van der Waals surface area contributed by atoms with E-state index in [1.54, 1.807) is 6.92 Å². The molecule has 0 spiro atoms. The van der Waals surface area contributed by atoms with Gasteiger partial charge in [0.2, 0.25) is 0 Å². The van der Waals surface area contributed by atoms with E-state index in [0.29, 0.717) is 6.42 Å². The second-order valence-electron chi connectivity index (χ2n) is 3.95. The van der Waals surface area contributed by atoms with E-state index >= 15 is 0 Å². The predicted octanol–water partition coefficient (Wildman–Crippen LogP) is 3.23. The lowest BCUT2D eigenvalue weighted by Gasteiger charge is -2.13. The molecule has 3 nitrogen and oxygen atoms in total. The van der Waals surface area contributed by atoms with Crippen molar-refractivity contribution in [2.45, 2.75) is 26.4 Å². The van der Waals surface area contributed by atoms with E-state index in [4.69, 9.17) is 4.18 Å². The maximum Gasteiger partial charge on any atom is 0.267 e. The summed E-state index contributed by atoms with van der Waals surface area (Å²) >= 11 is 2.16. The van der Waals surface area contributed by atoms with E-state index in [9.17, 15) is 8.42 Å². The van der Waals surface area contributed by atoms with Crippen LogP contribution in [0.25, 0.3) is 0 Å². The van der Waals surface area contributed by atoms with Gasteiger partial charge in [0.1, 0.15) is 0 Å². The standard InChI is InChI=1S/C12H17IO3S/c1-10-4-6-12(7-5-10)11(2)16-17(14,15)9-3-8-13/h4-7,11H,3,8-9H2,1-2H3. The van der Waals surface area contributed by atoms with Gasteiger partial charge < -0.3 is 0 Å². The number of benzene rings is 1. The van der Waals surface area contributed by atoms with Gasteiger partial charge in [-0.2, -0.15) is 8.42 Å². The van der Waals surface area contributed by atoms with Crippen LogP contribution in [0.2, 0.25) is 0 Å². The van der Waals surface area contributed by atoms with Crippen LogP contribution in [0.4, 0.5) is 0 Å². The van der Waals surface area contributed by atoms with Crippen molar-refractivity contribution in [3.8, 4) is 0 Å². The molecule has 1 rings (SSSR count). The van der Waals surface area contributed by atoms with E-state index in [0.717, 1.165) is 15.6 Å². The van der Waals surface area contributed by atoms with Crippen LogP contribution in [0.1, 0.15) is 30.6 Å². The number of alkyl halides is 1. The molecule has 0 fully saturated rings. The van der Waals surface area contributed by atoms with Gasteiger partial charge in [0.15, 0.2) is 0 Å². The number of rotatable bonds is 6. The van der Waals surface area contributed by atoms with Gasteiger partial charge in [-0.1, -0.05) is 52.4 Å². The SMILES string of the molecule is Cc1ccc(C(C)OS(=O)(=O)CCCI)cc1. The molecule has 0 aliphatic rings. The highest BCUT2D eigenvalue weighted by Crippen LogP contribution is 2.20. The summed E-state index contributed by atoms with van der Waals surface area (Å²) in [5.41, 5.74) is 2.03. The number of hydrogen-bond acceptors (Lipinski definition) is 3. The average molecular weight is 368 g/mol. The Kier molecular flexibility index (Phi) is 5.88. The number of hydrogen-bond donors (Lipinski definition) is 0. The monoisotopic (exact) mass is 368 g/mol. The summed E-state index contributed by atoms with van der Waals surface area (Å²) in [5, 5.41) is 0. The highest BCUT2D eigenvalue weighted by Gasteiger charge is 2.16. The lowest BCUT2D eigenvalue weighted by molar-refractivity contribution is 0.234. The van der Waals surface area contributed by atoms with Crippen molar-refractivity contribution in [2.75, 3.05) is 10.2 Å². The minimum Gasteiger partial charge on any atom is -0.262 e. The van der Waals surface area contributed by atoms with Crippen LogP contribution in [-0.2, 0) is 14.3 Å². The van der Waals surface area contributed by atoms with Crippen LogP contribution in [0.3, 0.4) is 0 Å². The molecule has 1 atom stereocenters. The lowest BCUT2D eigenvalue weighted by Crippen LogP contribution is -2.13. The Balaban J connectivity index is 2.65. The van der Waals surface area contributed by atoms with E-state index in [2.05, 4.69) is 22.6 Å². The van der Waals surface area contributed by atoms with E-state index in [-0.39, 0.29) is 5.75 Å². The third kappa shape index (κ3) is 5.35. The normalized spacial score (nSPS) is 13.6. The second-order valence-corrected chi connectivity index (χ2v) is 6.75. The minimum absolute atomic E-state index is 0.0894. The van der Waals surface area contributed by atoms with Gasteiger partial charge in [0.05, 0.1) is 11.9 Å². The van der Waals surface area contributed by atoms with Gasteiger partial charge in [0, 0.05) is 4.43 Å². The van der Waals surface area contributed by atoms with Crippen molar-refractivity contribution >= 4 is 32.7 Å². The lowest BCUT2D eigenvalue weighted by atomic mass is 10.1. The molecule has 0 aromatic heterocycles. The first-order valence-corrected chi connectivity index (χ1v) is 8.58. The summed E-state index contributed by atoms with van der Waals surface area (Å²) in [4.78, 5) is 0. The van der Waals surface area contributed by atoms with Crippen LogP contribution < -0.4 is 0 Å². The van der Waals surface area contributed by atoms with Crippen LogP contribution >= 0.6 is 22.6 Å². The summed E-state index contributed by atoms with van der Waals surface area (Å²) in [7, 11) is -3.41. The minimum atomic E-state index is -3.41. The van der Waals surface area contributed by atoms with Gasteiger partial charge in [-0.05, 0) is 25.8 Å². The Hall–Kier alpha value is -0.140. The Labute approximate surface area is 117 Å². The maximum absolute atomic E-state index is 11.6. The molecule has 0 N–H and O–H groups in total. The van der Waals surface area contributed by atoms with Crippen LogP contribution in [-0.4, -0.2) is 18.6 Å². The molecule has 1 unspecified atom stereocenters. The maximum atomic E-state index is 11.6. The third-order valence-electron chi connectivity index (χ3n) is 2.37. The second kappa shape index (κ2) is 6.70. The summed E-state index contributed by atoms with van der Waals surface area (Å²) < 4.78 is 29.2. The van der Waals surface area contributed by atoms with Crippen molar-refractivity contribution in [1.29, 1.82) is 0 Å². The van der Waals surface area contributed by atoms with Gasteiger partial charge in [-0.15, -0.1) is 0 Å². The Morgan fingerprint density at radius 2 is 1.88 bits per heavy atom. The zero-order valence-corrected chi connectivity index (χ0v) is 13.0. The number of aryl methyl sites for hydroxylation is 1. The Morgan fingerprint density at radius 1 is 1.29 bits per heavy atom. The van der Waals surface area contributed by atoms with Crippen molar-refractivity contribution in [3.05, 3.63) is 35.4 Å². The fourth-order valence-corrected chi connectivity index (χ4v) is 3.44.